The molecule has 0 bridgehead atoms. The van der Waals surface area contributed by atoms with Crippen molar-refractivity contribution in [3.8, 4) is 0 Å². The molecule has 0 radical (unpaired) electrons. The first kappa shape index (κ1) is 12.7. The number of rotatable bonds is 4. The maximum atomic E-state index is 11.7. The molecule has 88 valence electrons. The van der Waals surface area contributed by atoms with E-state index in [4.69, 9.17) is 4.74 Å². The topological polar surface area (TPSA) is 43.4 Å². The van der Waals surface area contributed by atoms with Crippen molar-refractivity contribution in [3.63, 3.8) is 0 Å². The van der Waals surface area contributed by atoms with E-state index in [-0.39, 0.29) is 17.7 Å². The fourth-order valence-electron chi connectivity index (χ4n) is 1.90. The van der Waals surface area contributed by atoms with Gasteiger partial charge in [-0.2, -0.15) is 0 Å². The molecular formula is C13H18O3. The van der Waals surface area contributed by atoms with Gasteiger partial charge in [-0.25, -0.2) is 4.79 Å². The van der Waals surface area contributed by atoms with E-state index in [0.717, 1.165) is 12.0 Å². The van der Waals surface area contributed by atoms with Crippen molar-refractivity contribution in [2.45, 2.75) is 33.1 Å². The summed E-state index contributed by atoms with van der Waals surface area (Å²) >= 11 is 0. The fraction of sp³-hybridized carbons (Fsp3) is 0.538. The first-order valence-corrected chi connectivity index (χ1v) is 5.60. The number of Topliss-reactive ketones (excluding diaryl/α,β-unsaturated/α-hetero) is 1. The molecule has 1 saturated carbocycles. The van der Waals surface area contributed by atoms with Gasteiger partial charge in [0.05, 0.1) is 6.61 Å². The highest BCUT2D eigenvalue weighted by atomic mass is 16.5. The molecular weight excluding hydrogens is 204 g/mol. The molecule has 0 heterocycles. The molecule has 1 rings (SSSR count). The lowest BCUT2D eigenvalue weighted by Gasteiger charge is -2.12. The second-order valence-corrected chi connectivity index (χ2v) is 4.14. The first-order chi connectivity index (χ1) is 7.54. The van der Waals surface area contributed by atoms with E-state index in [1.165, 1.54) is 0 Å². The Bertz CT molecular complexity index is 339. The van der Waals surface area contributed by atoms with Crippen molar-refractivity contribution in [1.82, 2.24) is 0 Å². The normalized spacial score (nSPS) is 21.0. The second kappa shape index (κ2) is 5.64. The molecule has 1 fully saturated rings. The Balaban J connectivity index is 2.83. The van der Waals surface area contributed by atoms with Crippen LogP contribution < -0.4 is 0 Å². The van der Waals surface area contributed by atoms with E-state index >= 15 is 0 Å². The summed E-state index contributed by atoms with van der Waals surface area (Å²) in [6.07, 6.45) is 3.51. The number of carbonyl (C=O) groups excluding carboxylic acids is 2. The van der Waals surface area contributed by atoms with Crippen LogP contribution in [0.3, 0.4) is 0 Å². The van der Waals surface area contributed by atoms with Crippen LogP contribution in [-0.4, -0.2) is 18.4 Å². The van der Waals surface area contributed by atoms with Crippen molar-refractivity contribution in [2.24, 2.45) is 5.92 Å². The lowest BCUT2D eigenvalue weighted by Crippen LogP contribution is -2.14. The number of hydrogen-bond acceptors (Lipinski definition) is 3. The molecule has 0 aromatic carbocycles. The lowest BCUT2D eigenvalue weighted by atomic mass is 9.96. The van der Waals surface area contributed by atoms with Crippen LogP contribution in [0.4, 0.5) is 0 Å². The largest absolute Gasteiger partial charge is 0.463 e. The predicted octanol–water partition coefficient (Wildman–Crippen LogP) is 2.42. The Hall–Kier alpha value is -1.38. The molecule has 3 nitrogen and oxygen atoms in total. The number of carbonyl (C=O) groups is 2. The van der Waals surface area contributed by atoms with Crippen LogP contribution in [0.1, 0.15) is 33.1 Å². The third-order valence-corrected chi connectivity index (χ3v) is 2.60. The summed E-state index contributed by atoms with van der Waals surface area (Å²) in [6, 6.07) is 0. The Kier molecular flexibility index (Phi) is 4.47. The molecule has 0 saturated heterocycles. The highest BCUT2D eigenvalue weighted by Crippen LogP contribution is 2.30. The van der Waals surface area contributed by atoms with Crippen molar-refractivity contribution in [2.75, 3.05) is 6.61 Å². The number of hydrogen-bond donors (Lipinski definition) is 0. The summed E-state index contributed by atoms with van der Waals surface area (Å²) in [5, 5.41) is 0. The van der Waals surface area contributed by atoms with Gasteiger partial charge in [0.15, 0.2) is 0 Å². The van der Waals surface area contributed by atoms with Gasteiger partial charge in [-0.05, 0) is 32.3 Å². The van der Waals surface area contributed by atoms with Gasteiger partial charge < -0.3 is 4.74 Å². The van der Waals surface area contributed by atoms with Gasteiger partial charge >= 0.3 is 5.97 Å². The summed E-state index contributed by atoms with van der Waals surface area (Å²) in [5.74, 6) is -0.0737. The minimum Gasteiger partial charge on any atom is -0.463 e. The van der Waals surface area contributed by atoms with Crippen LogP contribution in [0.5, 0.6) is 0 Å². The van der Waals surface area contributed by atoms with Gasteiger partial charge in [-0.15, -0.1) is 0 Å². The second-order valence-electron chi connectivity index (χ2n) is 4.14. The van der Waals surface area contributed by atoms with E-state index in [1.807, 2.05) is 6.92 Å². The summed E-state index contributed by atoms with van der Waals surface area (Å²) in [5.41, 5.74) is 1.41. The lowest BCUT2D eigenvalue weighted by molar-refractivity contribution is -0.139. The molecule has 3 heteroatoms. The fourth-order valence-corrected chi connectivity index (χ4v) is 1.90. The van der Waals surface area contributed by atoms with Crippen LogP contribution in [0.25, 0.3) is 0 Å². The summed E-state index contributed by atoms with van der Waals surface area (Å²) in [4.78, 5) is 23.0. The molecule has 1 aliphatic rings. The number of ketones is 1. The van der Waals surface area contributed by atoms with Crippen LogP contribution in [0.15, 0.2) is 23.8 Å². The third kappa shape index (κ3) is 3.33. The van der Waals surface area contributed by atoms with Gasteiger partial charge in [0, 0.05) is 18.4 Å². The molecule has 1 aliphatic carbocycles. The number of esters is 1. The maximum Gasteiger partial charge on any atom is 0.334 e. The molecule has 0 unspecified atom stereocenters. The maximum absolute atomic E-state index is 11.7. The molecule has 0 amide bonds. The van der Waals surface area contributed by atoms with Gasteiger partial charge in [-0.1, -0.05) is 12.2 Å². The SMILES string of the molecule is C=C(C)/C=C(/C(=O)OCC)[C@H]1CCC(=O)C1. The van der Waals surface area contributed by atoms with Crippen LogP contribution >= 0.6 is 0 Å². The smallest absolute Gasteiger partial charge is 0.334 e. The Morgan fingerprint density at radius 3 is 2.75 bits per heavy atom. The van der Waals surface area contributed by atoms with E-state index in [1.54, 1.807) is 13.0 Å². The zero-order chi connectivity index (χ0) is 12.1. The van der Waals surface area contributed by atoms with Gasteiger partial charge in [0.1, 0.15) is 5.78 Å². The summed E-state index contributed by atoms with van der Waals surface area (Å²) < 4.78 is 4.99. The van der Waals surface area contributed by atoms with Crippen LogP contribution in [-0.2, 0) is 14.3 Å². The van der Waals surface area contributed by atoms with Gasteiger partial charge in [-0.3, -0.25) is 4.79 Å². The van der Waals surface area contributed by atoms with Gasteiger partial charge in [0.25, 0.3) is 0 Å². The van der Waals surface area contributed by atoms with Crippen molar-refractivity contribution < 1.29 is 14.3 Å². The average molecular weight is 222 g/mol. The van der Waals surface area contributed by atoms with E-state index in [9.17, 15) is 9.59 Å². The molecule has 0 spiro atoms. The standard InChI is InChI=1S/C13H18O3/c1-4-16-13(15)12(7-9(2)3)10-5-6-11(14)8-10/h7,10H,2,4-6,8H2,1,3H3/b12-7+/t10-/m0/s1. The Morgan fingerprint density at radius 1 is 1.62 bits per heavy atom. The monoisotopic (exact) mass is 222 g/mol. The average Bonchev–Trinajstić information content (AvgIpc) is 2.61. The number of allylic oxidation sites excluding steroid dienone is 2. The zero-order valence-electron chi connectivity index (χ0n) is 9.91. The molecule has 0 aromatic rings. The molecule has 0 aromatic heterocycles. The first-order valence-electron chi connectivity index (χ1n) is 5.60. The summed E-state index contributed by atoms with van der Waals surface area (Å²) in [6.45, 7) is 7.72. The minimum atomic E-state index is -0.315. The van der Waals surface area contributed by atoms with Crippen molar-refractivity contribution >= 4 is 11.8 Å². The minimum absolute atomic E-state index is 0.0169. The Morgan fingerprint density at radius 2 is 2.31 bits per heavy atom. The number of ether oxygens (including phenoxy) is 1. The molecule has 0 N–H and O–H groups in total. The Labute approximate surface area is 96.2 Å². The molecule has 1 atom stereocenters. The van der Waals surface area contributed by atoms with Crippen molar-refractivity contribution in [3.05, 3.63) is 23.8 Å². The summed E-state index contributed by atoms with van der Waals surface area (Å²) in [7, 11) is 0. The highest BCUT2D eigenvalue weighted by molar-refractivity contribution is 5.92. The van der Waals surface area contributed by atoms with E-state index in [2.05, 4.69) is 6.58 Å². The highest BCUT2D eigenvalue weighted by Gasteiger charge is 2.29. The molecule has 0 aliphatic heterocycles. The third-order valence-electron chi connectivity index (χ3n) is 2.60. The van der Waals surface area contributed by atoms with Crippen LogP contribution in [0.2, 0.25) is 0 Å². The van der Waals surface area contributed by atoms with Gasteiger partial charge in [0.2, 0.25) is 0 Å². The van der Waals surface area contributed by atoms with E-state index in [0.29, 0.717) is 25.0 Å². The predicted molar refractivity (Wildman–Crippen MR) is 61.9 cm³/mol. The quantitative estimate of drug-likeness (QED) is 0.417. The van der Waals surface area contributed by atoms with E-state index < -0.39 is 0 Å². The van der Waals surface area contributed by atoms with Crippen molar-refractivity contribution in [1.29, 1.82) is 0 Å². The zero-order valence-corrected chi connectivity index (χ0v) is 9.91. The van der Waals surface area contributed by atoms with Crippen LogP contribution in [0, 0.1) is 5.92 Å². The molecule has 16 heavy (non-hydrogen) atoms.